The van der Waals surface area contributed by atoms with Crippen molar-refractivity contribution < 1.29 is 17.8 Å². The second-order valence-electron chi connectivity index (χ2n) is 21.3. The smallest absolute Gasteiger partial charge is 0.213 e. The van der Waals surface area contributed by atoms with Crippen LogP contribution in [0.2, 0.25) is 0 Å². The number of hydrogen-bond acceptors (Lipinski definition) is 5. The van der Waals surface area contributed by atoms with Gasteiger partial charge in [-0.3, -0.25) is 0 Å². The summed E-state index contributed by atoms with van der Waals surface area (Å²) in [4.78, 5) is 9.92. The van der Waals surface area contributed by atoms with Crippen molar-refractivity contribution in [3.63, 3.8) is 0 Å². The summed E-state index contributed by atoms with van der Waals surface area (Å²) in [5.41, 5.74) is 19.2. The lowest BCUT2D eigenvalue weighted by atomic mass is 10.0. The molecule has 0 aliphatic heterocycles. The zero-order chi connectivity index (χ0) is 56.9. The van der Waals surface area contributed by atoms with E-state index in [0.717, 1.165) is 49.7 Å². The Morgan fingerprint density at radius 3 is 1.33 bits per heavy atom. The lowest BCUT2D eigenvalue weighted by molar-refractivity contribution is -0.659. The molecule has 0 amide bonds. The molecule has 0 fully saturated rings. The number of aryl methyl sites for hydroxylation is 10. The number of nitrogens with zero attached hydrogens (tertiary/aromatic N) is 5. The number of hydrogen-bond donors (Lipinski definition) is 0. The van der Waals surface area contributed by atoms with Crippen LogP contribution >= 0.6 is 34.0 Å². The summed E-state index contributed by atoms with van der Waals surface area (Å²) in [7, 11) is 6.30. The maximum Gasteiger partial charge on any atom is 0.213 e. The molecule has 0 saturated carbocycles. The Labute approximate surface area is 498 Å². The number of aromatic nitrogens is 5. The molecule has 0 bridgehead atoms. The molecule has 0 unspecified atom stereocenters. The summed E-state index contributed by atoms with van der Waals surface area (Å²) in [5.74, 6) is 0. The molecule has 0 radical (unpaired) electrons. The molecule has 82 heavy (non-hydrogen) atoms. The minimum absolute atomic E-state index is 0. The number of thiophene rings is 3. The molecular formula is C74H72N5S3+3. The molecule has 0 N–H and O–H groups in total. The first-order valence-corrected chi connectivity index (χ1v) is 29.1. The van der Waals surface area contributed by atoms with E-state index < -0.39 is 6.85 Å². The molecule has 8 aromatic heterocycles. The molecule has 15 aromatic rings. The van der Waals surface area contributed by atoms with Crippen LogP contribution in [0.4, 0.5) is 0 Å². The molecule has 0 atom stereocenters. The van der Waals surface area contributed by atoms with Gasteiger partial charge in [-0.15, -0.1) is 34.0 Å². The van der Waals surface area contributed by atoms with Gasteiger partial charge in [0, 0.05) is 74.0 Å². The average Bonchev–Trinajstić information content (AvgIpc) is 2.49. The highest BCUT2D eigenvalue weighted by Gasteiger charge is 2.22. The molecular weight excluding hydrogens is 1060 g/mol. The molecule has 15 rings (SSSR count). The Bertz CT molecular complexity index is 5110. The zero-order valence-electron chi connectivity index (χ0n) is 48.8. The highest BCUT2D eigenvalue weighted by atomic mass is 32.1. The van der Waals surface area contributed by atoms with Gasteiger partial charge in [-0.2, -0.15) is 0 Å². The van der Waals surface area contributed by atoms with Crippen LogP contribution in [0.5, 0.6) is 0 Å². The van der Waals surface area contributed by atoms with Crippen molar-refractivity contribution in [3.8, 4) is 33.8 Å². The predicted molar refractivity (Wildman–Crippen MR) is 359 cm³/mol. The molecule has 8 heterocycles. The molecule has 0 aliphatic rings. The Morgan fingerprint density at radius 1 is 0.354 bits per heavy atom. The molecule has 5 nitrogen and oxygen atoms in total. The maximum absolute atomic E-state index is 7.65. The largest absolute Gasteiger partial charge is 0.246 e. The molecule has 0 saturated heterocycles. The molecule has 0 spiro atoms. The van der Waals surface area contributed by atoms with E-state index in [-0.39, 0.29) is 22.3 Å². The van der Waals surface area contributed by atoms with Gasteiger partial charge in [-0.05, 0) is 137 Å². The monoisotopic (exact) mass is 1130 g/mol. The fourth-order valence-electron chi connectivity index (χ4n) is 11.5. The van der Waals surface area contributed by atoms with Crippen LogP contribution in [0.1, 0.15) is 65.3 Å². The van der Waals surface area contributed by atoms with E-state index in [1.165, 1.54) is 111 Å². The highest BCUT2D eigenvalue weighted by molar-refractivity contribution is 7.26. The van der Waals surface area contributed by atoms with Crippen LogP contribution in [-0.4, -0.2) is 9.97 Å². The van der Waals surface area contributed by atoms with E-state index in [9.17, 15) is 0 Å². The van der Waals surface area contributed by atoms with E-state index in [1.54, 1.807) is 23.5 Å². The second-order valence-corrected chi connectivity index (χ2v) is 24.6. The Kier molecular flexibility index (Phi) is 14.6. The number of fused-ring (bicyclic) bond motifs is 13. The lowest BCUT2D eigenvalue weighted by Gasteiger charge is -2.05. The van der Waals surface area contributed by atoms with E-state index >= 15 is 0 Å². The normalized spacial score (nSPS) is 11.9. The summed E-state index contributed by atoms with van der Waals surface area (Å²) in [6.07, 6.45) is 6.66. The summed E-state index contributed by atoms with van der Waals surface area (Å²) in [6, 6.07) is 58.0. The second kappa shape index (κ2) is 22.6. The van der Waals surface area contributed by atoms with Crippen LogP contribution in [0.15, 0.2) is 182 Å². The summed E-state index contributed by atoms with van der Waals surface area (Å²) >= 11 is 5.47. The van der Waals surface area contributed by atoms with Crippen molar-refractivity contribution in [1.82, 2.24) is 9.97 Å². The number of pyridine rings is 5. The summed E-state index contributed by atoms with van der Waals surface area (Å²) in [6.45, 7) is 10.6. The van der Waals surface area contributed by atoms with Crippen molar-refractivity contribution >= 4 is 127 Å². The summed E-state index contributed by atoms with van der Waals surface area (Å²) in [5, 5.41) is 10.1. The van der Waals surface area contributed by atoms with Gasteiger partial charge < -0.3 is 0 Å². The molecule has 0 aliphatic carbocycles. The third-order valence-corrected chi connectivity index (χ3v) is 18.8. The van der Waals surface area contributed by atoms with Crippen LogP contribution < -0.4 is 13.7 Å². The van der Waals surface area contributed by atoms with Crippen molar-refractivity contribution in [3.05, 3.63) is 221 Å². The first kappa shape index (κ1) is 53.1. The van der Waals surface area contributed by atoms with Crippen molar-refractivity contribution in [2.45, 2.75) is 70.7 Å². The summed E-state index contributed by atoms with van der Waals surface area (Å²) < 4.78 is 37.2. The first-order chi connectivity index (χ1) is 39.4. The fourth-order valence-corrected chi connectivity index (χ4v) is 14.8. The van der Waals surface area contributed by atoms with E-state index in [2.05, 4.69) is 227 Å². The van der Waals surface area contributed by atoms with Gasteiger partial charge in [-0.1, -0.05) is 129 Å². The fraction of sp³-hybridized carbons (Fsp3) is 0.176. The molecule has 408 valence electrons. The van der Waals surface area contributed by atoms with Crippen LogP contribution in [-0.2, 0) is 21.1 Å². The predicted octanol–water partition coefficient (Wildman–Crippen LogP) is 20.0. The van der Waals surface area contributed by atoms with Crippen LogP contribution in [0.25, 0.3) is 127 Å². The maximum atomic E-state index is 7.65. The first-order valence-electron chi connectivity index (χ1n) is 28.2. The van der Waals surface area contributed by atoms with Gasteiger partial charge in [0.05, 0.1) is 47.6 Å². The van der Waals surface area contributed by atoms with Gasteiger partial charge in [0.25, 0.3) is 0 Å². The number of benzene rings is 7. The SMILES string of the molecule is C.C.C.Cc1ccc(-c2cc3sc4cc5cc(C)ccc5nc4c3c[n+]2C)c(C)c1.Cc1ccccc1-c1cc2sc3ccc4ccccc4c3c2c[n+]1C.[2H]C([2H])([2H])c1ccc(-c2cc3sc4cc5cc(C)ccc5nc4c3c[n+]2C)c(C)c1. The topological polar surface area (TPSA) is 37.4 Å². The number of rotatable bonds is 3. The molecule has 7 aromatic carbocycles. The average molecular weight is 1130 g/mol. The van der Waals surface area contributed by atoms with Crippen molar-refractivity contribution in [1.29, 1.82) is 0 Å². The van der Waals surface area contributed by atoms with Gasteiger partial charge in [-0.25, -0.2) is 23.7 Å². The minimum Gasteiger partial charge on any atom is -0.246 e. The van der Waals surface area contributed by atoms with Gasteiger partial charge in [0.1, 0.15) is 21.1 Å². The Balaban J connectivity index is 0.000000140. The quantitative estimate of drug-likeness (QED) is 0.165. The van der Waals surface area contributed by atoms with Gasteiger partial charge >= 0.3 is 0 Å². The Hall–Kier alpha value is -8.27. The van der Waals surface area contributed by atoms with Crippen LogP contribution in [0, 0.1) is 48.4 Å². The lowest BCUT2D eigenvalue weighted by Crippen LogP contribution is -2.30. The van der Waals surface area contributed by atoms with E-state index in [4.69, 9.17) is 14.1 Å². The van der Waals surface area contributed by atoms with E-state index in [1.807, 2.05) is 42.7 Å². The highest BCUT2D eigenvalue weighted by Crippen LogP contribution is 2.41. The molecule has 8 heteroatoms. The third kappa shape index (κ3) is 10.3. The van der Waals surface area contributed by atoms with E-state index in [0.29, 0.717) is 5.56 Å². The minimum atomic E-state index is -2.09. The van der Waals surface area contributed by atoms with Crippen molar-refractivity contribution in [2.75, 3.05) is 0 Å². The van der Waals surface area contributed by atoms with Crippen LogP contribution in [0.3, 0.4) is 0 Å². The zero-order valence-corrected chi connectivity index (χ0v) is 48.2. The van der Waals surface area contributed by atoms with Gasteiger partial charge in [0.2, 0.25) is 17.1 Å². The Morgan fingerprint density at radius 2 is 0.793 bits per heavy atom. The van der Waals surface area contributed by atoms with Crippen molar-refractivity contribution in [2.24, 2.45) is 21.1 Å². The third-order valence-electron chi connectivity index (χ3n) is 15.5. The van der Waals surface area contributed by atoms with Gasteiger partial charge in [0.15, 0.2) is 18.6 Å². The standard InChI is InChI=1S/2C24H21N2S.C23H18NS.3CH4/c2*1-14-5-7-18(16(3)9-14)21-12-22-19(13-26(21)4)24-23(27-22)11-17-10-15(2)6-8-20(17)25-24;1-15-7-3-5-9-17(15)20-13-22-19(14-24(20)2)23-18-10-6-4-8-16(18)11-12-21(23)25-22;;;/h2*5-13H,1-4H3;3-14H,1-2H3;3*1H4/q3*+1;;;/i1D3;;;;;.